The maximum absolute atomic E-state index is 11.1. The van der Waals surface area contributed by atoms with Crippen LogP contribution in [-0.2, 0) is 9.53 Å². The van der Waals surface area contributed by atoms with Gasteiger partial charge in [0, 0.05) is 11.7 Å². The first-order valence-electron chi connectivity index (χ1n) is 5.34. The van der Waals surface area contributed by atoms with Gasteiger partial charge in [0.1, 0.15) is 5.82 Å². The zero-order valence-corrected chi connectivity index (χ0v) is 10.6. The van der Waals surface area contributed by atoms with E-state index in [4.69, 9.17) is 4.74 Å². The van der Waals surface area contributed by atoms with E-state index >= 15 is 0 Å². The summed E-state index contributed by atoms with van der Waals surface area (Å²) in [6.07, 6.45) is 0.393. The fourth-order valence-corrected chi connectivity index (χ4v) is 1.76. The summed E-state index contributed by atoms with van der Waals surface area (Å²) < 4.78 is 4.82. The second-order valence-corrected chi connectivity index (χ2v) is 4.62. The van der Waals surface area contributed by atoms with Gasteiger partial charge in [-0.15, -0.1) is 5.10 Å². The smallest absolute Gasteiger partial charge is 0.306 e. The van der Waals surface area contributed by atoms with Gasteiger partial charge in [0.2, 0.25) is 5.16 Å². The van der Waals surface area contributed by atoms with Crippen molar-refractivity contribution >= 4 is 17.7 Å². The highest BCUT2D eigenvalue weighted by atomic mass is 32.2. The summed E-state index contributed by atoms with van der Waals surface area (Å²) in [5.74, 6) is 1.69. The lowest BCUT2D eigenvalue weighted by Crippen LogP contribution is -2.04. The Morgan fingerprint density at radius 3 is 2.88 bits per heavy atom. The number of hydrogen-bond donors (Lipinski definition) is 1. The van der Waals surface area contributed by atoms with Gasteiger partial charge < -0.3 is 4.74 Å². The predicted octanol–water partition coefficient (Wildman–Crippen LogP) is 1.97. The van der Waals surface area contributed by atoms with Crippen LogP contribution in [0.15, 0.2) is 5.16 Å². The Bertz CT molecular complexity index is 339. The Hall–Kier alpha value is -1.04. The van der Waals surface area contributed by atoms with E-state index in [1.807, 2.05) is 13.8 Å². The van der Waals surface area contributed by atoms with Gasteiger partial charge in [-0.2, -0.15) is 0 Å². The SMILES string of the molecule is CCOC(=O)CCSc1n[nH]c(C(C)C)n1. The molecule has 1 rings (SSSR count). The number of hydrogen-bond acceptors (Lipinski definition) is 5. The summed E-state index contributed by atoms with van der Waals surface area (Å²) >= 11 is 1.46. The maximum atomic E-state index is 11.1. The number of nitrogens with zero attached hydrogens (tertiary/aromatic N) is 2. The van der Waals surface area contributed by atoms with Gasteiger partial charge in [-0.3, -0.25) is 9.89 Å². The van der Waals surface area contributed by atoms with Crippen LogP contribution in [0.3, 0.4) is 0 Å². The van der Waals surface area contributed by atoms with Crippen LogP contribution in [0.25, 0.3) is 0 Å². The van der Waals surface area contributed by atoms with Crippen molar-refractivity contribution in [2.45, 2.75) is 38.3 Å². The minimum absolute atomic E-state index is 0.172. The molecule has 0 aliphatic rings. The van der Waals surface area contributed by atoms with Gasteiger partial charge in [0.15, 0.2) is 0 Å². The summed E-state index contributed by atoms with van der Waals surface area (Å²) in [4.78, 5) is 15.4. The van der Waals surface area contributed by atoms with Crippen LogP contribution in [0.5, 0.6) is 0 Å². The second-order valence-electron chi connectivity index (χ2n) is 3.56. The third-order valence-electron chi connectivity index (χ3n) is 1.87. The minimum atomic E-state index is -0.172. The summed E-state index contributed by atoms with van der Waals surface area (Å²) in [6.45, 7) is 6.33. The molecule has 0 bridgehead atoms. The van der Waals surface area contributed by atoms with Gasteiger partial charge in [-0.1, -0.05) is 25.6 Å². The van der Waals surface area contributed by atoms with Crippen LogP contribution in [0.4, 0.5) is 0 Å². The van der Waals surface area contributed by atoms with Crippen LogP contribution in [0, 0.1) is 0 Å². The highest BCUT2D eigenvalue weighted by Crippen LogP contribution is 2.16. The molecule has 0 aromatic carbocycles. The number of aromatic nitrogens is 3. The Morgan fingerprint density at radius 1 is 1.56 bits per heavy atom. The number of rotatable bonds is 6. The molecule has 90 valence electrons. The first-order chi connectivity index (χ1) is 7.63. The standard InChI is InChI=1S/C10H17N3O2S/c1-4-15-8(14)5-6-16-10-11-9(7(2)3)12-13-10/h7H,4-6H2,1-3H3,(H,11,12,13). The van der Waals surface area contributed by atoms with Gasteiger partial charge in [-0.25, -0.2) is 4.98 Å². The summed E-state index contributed by atoms with van der Waals surface area (Å²) in [5, 5.41) is 7.61. The molecule has 5 nitrogen and oxygen atoms in total. The molecule has 0 aliphatic carbocycles. The molecule has 0 saturated carbocycles. The highest BCUT2D eigenvalue weighted by molar-refractivity contribution is 7.99. The van der Waals surface area contributed by atoms with Crippen LogP contribution >= 0.6 is 11.8 Å². The van der Waals surface area contributed by atoms with Crippen LogP contribution < -0.4 is 0 Å². The fourth-order valence-electron chi connectivity index (χ4n) is 1.04. The molecule has 0 unspecified atom stereocenters. The Kier molecular flexibility index (Phi) is 5.31. The molecule has 6 heteroatoms. The molecule has 0 spiro atoms. The maximum Gasteiger partial charge on any atom is 0.306 e. The van der Waals surface area contributed by atoms with Crippen molar-refractivity contribution < 1.29 is 9.53 Å². The van der Waals surface area contributed by atoms with E-state index in [9.17, 15) is 4.79 Å². The summed E-state index contributed by atoms with van der Waals surface area (Å²) in [5.41, 5.74) is 0. The number of esters is 1. The lowest BCUT2D eigenvalue weighted by Gasteiger charge is -1.99. The molecule has 1 N–H and O–H groups in total. The number of nitrogens with one attached hydrogen (secondary N) is 1. The lowest BCUT2D eigenvalue weighted by atomic mass is 10.2. The molecule has 0 saturated heterocycles. The molecule has 0 atom stereocenters. The van der Waals surface area contributed by atoms with E-state index in [1.54, 1.807) is 6.92 Å². The molecule has 16 heavy (non-hydrogen) atoms. The van der Waals surface area contributed by atoms with Crippen molar-refractivity contribution in [2.75, 3.05) is 12.4 Å². The van der Waals surface area contributed by atoms with Gasteiger partial charge in [-0.05, 0) is 6.92 Å². The van der Waals surface area contributed by atoms with Gasteiger partial charge >= 0.3 is 5.97 Å². The van der Waals surface area contributed by atoms with Crippen LogP contribution in [-0.4, -0.2) is 33.5 Å². The van der Waals surface area contributed by atoms with Crippen molar-refractivity contribution in [3.8, 4) is 0 Å². The van der Waals surface area contributed by atoms with Crippen LogP contribution in [0.1, 0.15) is 38.9 Å². The lowest BCUT2D eigenvalue weighted by molar-refractivity contribution is -0.142. The monoisotopic (exact) mass is 243 g/mol. The molecular formula is C10H17N3O2S. The number of H-pyrrole nitrogens is 1. The normalized spacial score (nSPS) is 10.8. The van der Waals surface area contributed by atoms with Crippen molar-refractivity contribution in [1.29, 1.82) is 0 Å². The average molecular weight is 243 g/mol. The summed E-state index contributed by atoms with van der Waals surface area (Å²) in [6, 6.07) is 0. The second kappa shape index (κ2) is 6.52. The summed E-state index contributed by atoms with van der Waals surface area (Å²) in [7, 11) is 0. The van der Waals surface area contributed by atoms with Crippen molar-refractivity contribution in [1.82, 2.24) is 15.2 Å². The molecule has 0 radical (unpaired) electrons. The van der Waals surface area contributed by atoms with E-state index in [0.717, 1.165) is 5.82 Å². The molecule has 1 aromatic heterocycles. The Balaban J connectivity index is 2.29. The minimum Gasteiger partial charge on any atom is -0.466 e. The number of aromatic amines is 1. The van der Waals surface area contributed by atoms with Gasteiger partial charge in [0.05, 0.1) is 13.0 Å². The zero-order valence-electron chi connectivity index (χ0n) is 9.82. The van der Waals surface area contributed by atoms with Crippen molar-refractivity contribution in [3.05, 3.63) is 5.82 Å². The average Bonchev–Trinajstić information content (AvgIpc) is 2.67. The van der Waals surface area contributed by atoms with Crippen LogP contribution in [0.2, 0.25) is 0 Å². The molecule has 0 fully saturated rings. The van der Waals surface area contributed by atoms with E-state index in [-0.39, 0.29) is 5.97 Å². The van der Waals surface area contributed by atoms with Crippen molar-refractivity contribution in [3.63, 3.8) is 0 Å². The molecule has 0 aliphatic heterocycles. The first-order valence-corrected chi connectivity index (χ1v) is 6.32. The van der Waals surface area contributed by atoms with Crippen molar-refractivity contribution in [2.24, 2.45) is 0 Å². The molecule has 1 aromatic rings. The third-order valence-corrected chi connectivity index (χ3v) is 2.72. The Labute approximate surface area is 99.4 Å². The molecular weight excluding hydrogens is 226 g/mol. The van der Waals surface area contributed by atoms with Gasteiger partial charge in [0.25, 0.3) is 0 Å². The van der Waals surface area contributed by atoms with E-state index in [1.165, 1.54) is 11.8 Å². The fraction of sp³-hybridized carbons (Fsp3) is 0.700. The Morgan fingerprint density at radius 2 is 2.31 bits per heavy atom. The quantitative estimate of drug-likeness (QED) is 0.611. The number of carbonyl (C=O) groups excluding carboxylic acids is 1. The molecule has 0 amide bonds. The molecule has 1 heterocycles. The van der Waals surface area contributed by atoms with E-state index in [0.29, 0.717) is 29.9 Å². The number of ether oxygens (including phenoxy) is 1. The zero-order chi connectivity index (χ0) is 12.0. The third kappa shape index (κ3) is 4.22. The highest BCUT2D eigenvalue weighted by Gasteiger charge is 2.08. The number of thioether (sulfide) groups is 1. The van der Waals surface area contributed by atoms with E-state index < -0.39 is 0 Å². The largest absolute Gasteiger partial charge is 0.466 e. The topological polar surface area (TPSA) is 67.9 Å². The first kappa shape index (κ1) is 13.0. The number of carbonyl (C=O) groups is 1. The van der Waals surface area contributed by atoms with E-state index in [2.05, 4.69) is 15.2 Å². The predicted molar refractivity (Wildman–Crippen MR) is 62.4 cm³/mol.